The van der Waals surface area contributed by atoms with Crippen LogP contribution in [0.3, 0.4) is 0 Å². The highest BCUT2D eigenvalue weighted by Crippen LogP contribution is 2.35. The summed E-state index contributed by atoms with van der Waals surface area (Å²) in [5.74, 6) is -0.669. The molecule has 3 rings (SSSR count). The summed E-state index contributed by atoms with van der Waals surface area (Å²) < 4.78 is 32.2. The van der Waals surface area contributed by atoms with Crippen LogP contribution in [-0.4, -0.2) is 35.7 Å². The Morgan fingerprint density at radius 3 is 2.71 bits per heavy atom. The molecule has 1 aromatic carbocycles. The smallest absolute Gasteiger partial charge is 0.410 e. The van der Waals surface area contributed by atoms with E-state index < -0.39 is 23.8 Å². The van der Waals surface area contributed by atoms with E-state index in [0.29, 0.717) is 18.0 Å². The van der Waals surface area contributed by atoms with Crippen LogP contribution in [0.1, 0.15) is 38.2 Å². The van der Waals surface area contributed by atoms with Gasteiger partial charge in [0.15, 0.2) is 0 Å². The molecule has 0 spiro atoms. The van der Waals surface area contributed by atoms with E-state index >= 15 is 0 Å². The highest BCUT2D eigenvalue weighted by molar-refractivity contribution is 5.71. The van der Waals surface area contributed by atoms with Gasteiger partial charge < -0.3 is 15.4 Å². The minimum atomic E-state index is -0.622. The molecule has 0 aliphatic carbocycles. The van der Waals surface area contributed by atoms with Gasteiger partial charge in [-0.25, -0.2) is 13.6 Å². The second kappa shape index (κ2) is 7.05. The van der Waals surface area contributed by atoms with Crippen LogP contribution < -0.4 is 5.73 Å². The lowest BCUT2D eigenvalue weighted by Gasteiger charge is -2.35. The summed E-state index contributed by atoms with van der Waals surface area (Å²) in [6, 6.07) is 2.88. The van der Waals surface area contributed by atoms with Crippen molar-refractivity contribution in [3.63, 3.8) is 0 Å². The zero-order valence-corrected chi connectivity index (χ0v) is 13.9. The third kappa shape index (κ3) is 3.53. The Labute approximate surface area is 141 Å². The van der Waals surface area contributed by atoms with Crippen molar-refractivity contribution in [3.8, 4) is 0 Å². The number of piperidine rings is 1. The number of carbonyl (C=O) groups excluding carboxylic acids is 1. The van der Waals surface area contributed by atoms with Gasteiger partial charge in [-0.1, -0.05) is 19.8 Å². The largest absolute Gasteiger partial charge is 0.442 e. The molecule has 0 radical (unpaired) electrons. The van der Waals surface area contributed by atoms with Crippen LogP contribution in [0, 0.1) is 17.6 Å². The van der Waals surface area contributed by atoms with Crippen LogP contribution in [0.2, 0.25) is 0 Å². The highest BCUT2D eigenvalue weighted by atomic mass is 19.1. The topological polar surface area (TPSA) is 55.6 Å². The Bertz CT molecular complexity index is 590. The average Bonchev–Trinajstić information content (AvgIpc) is 2.83. The normalized spacial score (nSPS) is 27.8. The van der Waals surface area contributed by atoms with Gasteiger partial charge in [-0.15, -0.1) is 0 Å². The molecule has 132 valence electrons. The van der Waals surface area contributed by atoms with Crippen LogP contribution in [0.25, 0.3) is 0 Å². The number of benzene rings is 1. The zero-order valence-electron chi connectivity index (χ0n) is 13.9. The van der Waals surface area contributed by atoms with E-state index in [1.54, 1.807) is 4.90 Å². The van der Waals surface area contributed by atoms with E-state index in [-0.39, 0.29) is 18.6 Å². The lowest BCUT2D eigenvalue weighted by molar-refractivity contribution is 0.106. The molecule has 1 amide bonds. The van der Waals surface area contributed by atoms with E-state index in [1.165, 1.54) is 12.1 Å². The first-order valence-electron chi connectivity index (χ1n) is 8.65. The summed E-state index contributed by atoms with van der Waals surface area (Å²) in [6.45, 7) is 2.86. The fourth-order valence-electron chi connectivity index (χ4n) is 4.04. The standard InChI is InChI=1S/C18H24F2N2O2/c1-2-3-11-4-5-22-16(9-11)17(24-18(22)23)15(21)8-12-6-13(19)10-14(20)7-12/h6-7,10-11,15-17H,2-5,8-9,21H2,1H3. The number of hydrogen-bond donors (Lipinski definition) is 1. The molecule has 4 unspecified atom stereocenters. The summed E-state index contributed by atoms with van der Waals surface area (Å²) >= 11 is 0. The van der Waals surface area contributed by atoms with E-state index in [9.17, 15) is 13.6 Å². The quantitative estimate of drug-likeness (QED) is 0.897. The lowest BCUT2D eigenvalue weighted by atomic mass is 9.84. The summed E-state index contributed by atoms with van der Waals surface area (Å²) in [4.78, 5) is 13.8. The number of ether oxygens (including phenoxy) is 1. The number of nitrogens with zero attached hydrogens (tertiary/aromatic N) is 1. The van der Waals surface area contributed by atoms with Crippen molar-refractivity contribution in [1.82, 2.24) is 4.90 Å². The molecule has 2 aliphatic rings. The molecule has 24 heavy (non-hydrogen) atoms. The molecule has 1 aromatic rings. The van der Waals surface area contributed by atoms with Crippen molar-refractivity contribution in [1.29, 1.82) is 0 Å². The lowest BCUT2D eigenvalue weighted by Crippen LogP contribution is -2.49. The first-order chi connectivity index (χ1) is 11.5. The minimum Gasteiger partial charge on any atom is -0.442 e. The molecule has 2 fully saturated rings. The fourth-order valence-corrected chi connectivity index (χ4v) is 4.04. The fraction of sp³-hybridized carbons (Fsp3) is 0.611. The molecule has 4 atom stereocenters. The monoisotopic (exact) mass is 338 g/mol. The van der Waals surface area contributed by atoms with Gasteiger partial charge >= 0.3 is 6.09 Å². The predicted octanol–water partition coefficient (Wildman–Crippen LogP) is 3.23. The molecule has 0 saturated carbocycles. The van der Waals surface area contributed by atoms with Crippen LogP contribution in [0.15, 0.2) is 18.2 Å². The molecule has 0 bridgehead atoms. The van der Waals surface area contributed by atoms with Crippen molar-refractivity contribution < 1.29 is 18.3 Å². The summed E-state index contributed by atoms with van der Waals surface area (Å²) in [7, 11) is 0. The number of fused-ring (bicyclic) bond motifs is 1. The molecular formula is C18H24F2N2O2. The van der Waals surface area contributed by atoms with E-state index in [4.69, 9.17) is 10.5 Å². The van der Waals surface area contributed by atoms with Gasteiger partial charge in [-0.2, -0.15) is 0 Å². The van der Waals surface area contributed by atoms with E-state index in [0.717, 1.165) is 31.7 Å². The Morgan fingerprint density at radius 1 is 1.33 bits per heavy atom. The van der Waals surface area contributed by atoms with Gasteiger partial charge in [-0.3, -0.25) is 0 Å². The van der Waals surface area contributed by atoms with Gasteiger partial charge in [0.25, 0.3) is 0 Å². The Morgan fingerprint density at radius 2 is 2.04 bits per heavy atom. The van der Waals surface area contributed by atoms with Gasteiger partial charge in [0, 0.05) is 18.7 Å². The van der Waals surface area contributed by atoms with E-state index in [2.05, 4.69) is 6.92 Å². The van der Waals surface area contributed by atoms with Gasteiger partial charge in [0.05, 0.1) is 6.04 Å². The molecular weight excluding hydrogens is 314 g/mol. The third-order valence-corrected chi connectivity index (χ3v) is 5.12. The maximum atomic E-state index is 13.3. The number of halogens is 2. The van der Waals surface area contributed by atoms with Gasteiger partial charge in [0.1, 0.15) is 17.7 Å². The van der Waals surface area contributed by atoms with Crippen molar-refractivity contribution in [2.24, 2.45) is 11.7 Å². The molecule has 6 heteroatoms. The van der Waals surface area contributed by atoms with Crippen LogP contribution in [0.5, 0.6) is 0 Å². The first kappa shape index (κ1) is 17.1. The second-order valence-electron chi connectivity index (χ2n) is 6.93. The maximum Gasteiger partial charge on any atom is 0.410 e. The molecule has 2 heterocycles. The van der Waals surface area contributed by atoms with Crippen LogP contribution in [0.4, 0.5) is 13.6 Å². The number of cyclic esters (lactones) is 1. The maximum absolute atomic E-state index is 13.3. The second-order valence-corrected chi connectivity index (χ2v) is 6.93. The first-order valence-corrected chi connectivity index (χ1v) is 8.65. The summed E-state index contributed by atoms with van der Waals surface area (Å²) in [5, 5.41) is 0. The van der Waals surface area contributed by atoms with Crippen LogP contribution in [-0.2, 0) is 11.2 Å². The third-order valence-electron chi connectivity index (χ3n) is 5.12. The summed E-state index contributed by atoms with van der Waals surface area (Å²) in [5.41, 5.74) is 6.73. The zero-order chi connectivity index (χ0) is 17.3. The Kier molecular flexibility index (Phi) is 5.04. The van der Waals surface area contributed by atoms with Gasteiger partial charge in [0.2, 0.25) is 0 Å². The Hall–Kier alpha value is -1.69. The van der Waals surface area contributed by atoms with Crippen molar-refractivity contribution >= 4 is 6.09 Å². The van der Waals surface area contributed by atoms with E-state index in [1.807, 2.05) is 0 Å². The molecule has 2 N–H and O–H groups in total. The predicted molar refractivity (Wildman–Crippen MR) is 86.4 cm³/mol. The van der Waals surface area contributed by atoms with Gasteiger partial charge in [-0.05, 0) is 42.9 Å². The average molecular weight is 338 g/mol. The SMILES string of the molecule is CCCC1CCN2C(=O)OC(C(N)Cc3cc(F)cc(F)c3)C2C1. The number of hydrogen-bond acceptors (Lipinski definition) is 3. The molecule has 2 aliphatic heterocycles. The minimum absolute atomic E-state index is 0.0313. The number of amides is 1. The molecule has 0 aromatic heterocycles. The number of carbonyl (C=O) groups is 1. The molecule has 2 saturated heterocycles. The van der Waals surface area contributed by atoms with Crippen molar-refractivity contribution in [2.75, 3.05) is 6.54 Å². The number of nitrogens with two attached hydrogens (primary N) is 1. The van der Waals surface area contributed by atoms with Crippen molar-refractivity contribution in [3.05, 3.63) is 35.4 Å². The van der Waals surface area contributed by atoms with Crippen LogP contribution >= 0.6 is 0 Å². The summed E-state index contributed by atoms with van der Waals surface area (Å²) in [6.07, 6.45) is 3.66. The highest BCUT2D eigenvalue weighted by Gasteiger charge is 2.47. The number of rotatable bonds is 5. The van der Waals surface area contributed by atoms with Crippen molar-refractivity contribution in [2.45, 2.75) is 57.2 Å². The molecule has 4 nitrogen and oxygen atoms in total. The Balaban J connectivity index is 1.71.